The molecule has 0 aromatic heterocycles. The van der Waals surface area contributed by atoms with Gasteiger partial charge in [-0.15, -0.1) is 0 Å². The summed E-state index contributed by atoms with van der Waals surface area (Å²) in [7, 11) is 0.0258. The molecule has 0 bridgehead atoms. The molecule has 0 aliphatic heterocycles. The van der Waals surface area contributed by atoms with Gasteiger partial charge in [0.05, 0.1) is 0 Å². The highest BCUT2D eigenvalue weighted by Crippen LogP contribution is 2.21. The smallest absolute Gasteiger partial charge is 0.239 e. The Hall–Kier alpha value is -3.34. The van der Waals surface area contributed by atoms with Crippen LogP contribution in [0.1, 0.15) is 0 Å². The molecule has 4 aromatic carbocycles. The predicted molar refractivity (Wildman–Crippen MR) is 119 cm³/mol. The van der Waals surface area contributed by atoms with E-state index in [9.17, 15) is 0 Å². The van der Waals surface area contributed by atoms with Crippen LogP contribution >= 0.6 is 0 Å². The maximum atomic E-state index is 5.90. The molecule has 0 unspecified atom stereocenters. The highest BCUT2D eigenvalue weighted by atomic mass is 28.3. The summed E-state index contributed by atoms with van der Waals surface area (Å²) in [5.74, 6) is 3.29. The van der Waals surface area contributed by atoms with Crippen LogP contribution in [0.3, 0.4) is 0 Å². The van der Waals surface area contributed by atoms with E-state index in [0.29, 0.717) is 0 Å². The number of hydrogen-bond donors (Lipinski definition) is 0. The third kappa shape index (κ3) is 4.93. The second-order valence-corrected chi connectivity index (χ2v) is 9.15. The summed E-state index contributed by atoms with van der Waals surface area (Å²) in [4.78, 5) is 0. The molecule has 144 valence electrons. The second-order valence-electron chi connectivity index (χ2n) is 6.58. The van der Waals surface area contributed by atoms with Crippen LogP contribution in [0.25, 0.3) is 0 Å². The van der Waals surface area contributed by atoms with Gasteiger partial charge < -0.3 is 13.9 Å². The van der Waals surface area contributed by atoms with Crippen LogP contribution in [0.15, 0.2) is 109 Å². The number of hydrogen-bond acceptors (Lipinski definition) is 3. The van der Waals surface area contributed by atoms with Gasteiger partial charge in [-0.2, -0.15) is 0 Å². The van der Waals surface area contributed by atoms with E-state index in [1.54, 1.807) is 7.11 Å². The zero-order valence-corrected chi connectivity index (χ0v) is 17.3. The molecular weight excluding hydrogens is 376 g/mol. The van der Waals surface area contributed by atoms with Crippen molar-refractivity contribution in [2.24, 2.45) is 0 Å². The monoisotopic (exact) mass is 398 g/mol. The molecule has 0 amide bonds. The molecule has 0 atom stereocenters. The summed E-state index contributed by atoms with van der Waals surface area (Å²) >= 11 is 0. The van der Waals surface area contributed by atoms with Crippen molar-refractivity contribution >= 4 is 19.4 Å². The average Bonchev–Trinajstić information content (AvgIpc) is 2.78. The quantitative estimate of drug-likeness (QED) is 0.420. The van der Waals surface area contributed by atoms with Gasteiger partial charge in [-0.3, -0.25) is 0 Å². The third-order valence-electron chi connectivity index (χ3n) is 4.56. The topological polar surface area (TPSA) is 27.7 Å². The van der Waals surface area contributed by atoms with Gasteiger partial charge in [0.15, 0.2) is 0 Å². The van der Waals surface area contributed by atoms with E-state index in [1.807, 2.05) is 84.9 Å². The van der Waals surface area contributed by atoms with E-state index in [2.05, 4.69) is 24.3 Å². The maximum absolute atomic E-state index is 5.90. The van der Waals surface area contributed by atoms with Crippen molar-refractivity contribution in [1.29, 1.82) is 0 Å². The Bertz CT molecular complexity index is 932. The minimum absolute atomic E-state index is 0.815. The van der Waals surface area contributed by atoms with Crippen molar-refractivity contribution in [3.05, 3.63) is 109 Å². The average molecular weight is 399 g/mol. The normalized spacial score (nSPS) is 10.7. The first-order chi connectivity index (χ1) is 14.3. The first-order valence-corrected chi connectivity index (χ1v) is 11.1. The fourth-order valence-corrected chi connectivity index (χ4v) is 5.15. The Morgan fingerprint density at radius 1 is 0.448 bits per heavy atom. The summed E-state index contributed by atoms with van der Waals surface area (Å²) < 4.78 is 17.7. The SMILES string of the molecule is CO[SiH](c1ccc(Oc2ccccc2)cc1)c1ccc(Oc2ccccc2)cc1. The lowest BCUT2D eigenvalue weighted by atomic mass is 10.3. The molecule has 3 nitrogen and oxygen atoms in total. The molecule has 0 saturated heterocycles. The van der Waals surface area contributed by atoms with Crippen molar-refractivity contribution < 1.29 is 13.9 Å². The Morgan fingerprint density at radius 3 is 1.14 bits per heavy atom. The van der Waals surface area contributed by atoms with Crippen LogP contribution in [0.2, 0.25) is 0 Å². The van der Waals surface area contributed by atoms with E-state index in [-0.39, 0.29) is 0 Å². The van der Waals surface area contributed by atoms with Gasteiger partial charge in [0.1, 0.15) is 23.0 Å². The summed E-state index contributed by atoms with van der Waals surface area (Å²) in [5.41, 5.74) is 0. The van der Waals surface area contributed by atoms with Crippen LogP contribution < -0.4 is 19.8 Å². The lowest BCUT2D eigenvalue weighted by molar-refractivity contribution is 0.439. The van der Waals surface area contributed by atoms with Crippen LogP contribution in [0.5, 0.6) is 23.0 Å². The van der Waals surface area contributed by atoms with Crippen LogP contribution in [0, 0.1) is 0 Å². The lowest BCUT2D eigenvalue weighted by Crippen LogP contribution is -2.43. The maximum Gasteiger partial charge on any atom is 0.239 e. The number of para-hydroxylation sites is 2. The van der Waals surface area contributed by atoms with E-state index in [0.717, 1.165) is 23.0 Å². The van der Waals surface area contributed by atoms with Crippen molar-refractivity contribution in [2.45, 2.75) is 0 Å². The molecule has 0 radical (unpaired) electrons. The van der Waals surface area contributed by atoms with Gasteiger partial charge >= 0.3 is 0 Å². The fraction of sp³-hybridized carbons (Fsp3) is 0.0400. The molecule has 4 aromatic rings. The molecule has 0 aliphatic carbocycles. The summed E-state index contributed by atoms with van der Waals surface area (Å²) in [6.45, 7) is 0. The van der Waals surface area contributed by atoms with E-state index < -0.39 is 9.04 Å². The Balaban J connectivity index is 1.46. The Morgan fingerprint density at radius 2 is 0.793 bits per heavy atom. The van der Waals surface area contributed by atoms with Crippen molar-refractivity contribution in [3.8, 4) is 23.0 Å². The molecule has 0 aliphatic rings. The molecule has 0 heterocycles. The van der Waals surface area contributed by atoms with Gasteiger partial charge in [-0.25, -0.2) is 0 Å². The summed E-state index contributed by atoms with van der Waals surface area (Å²) in [6.07, 6.45) is 0. The minimum Gasteiger partial charge on any atom is -0.457 e. The first kappa shape index (κ1) is 19.0. The summed E-state index contributed by atoms with van der Waals surface area (Å²) in [6, 6.07) is 35.9. The van der Waals surface area contributed by atoms with Crippen LogP contribution in [-0.4, -0.2) is 16.2 Å². The number of rotatable bonds is 7. The first-order valence-electron chi connectivity index (χ1n) is 9.50. The van der Waals surface area contributed by atoms with Crippen LogP contribution in [0.4, 0.5) is 0 Å². The zero-order chi connectivity index (χ0) is 19.9. The highest BCUT2D eigenvalue weighted by Gasteiger charge is 2.16. The Kier molecular flexibility index (Phi) is 6.05. The largest absolute Gasteiger partial charge is 0.457 e. The van der Waals surface area contributed by atoms with Crippen molar-refractivity contribution in [1.82, 2.24) is 0 Å². The third-order valence-corrected chi connectivity index (χ3v) is 7.01. The van der Waals surface area contributed by atoms with E-state index in [1.165, 1.54) is 10.4 Å². The zero-order valence-electron chi connectivity index (χ0n) is 16.2. The van der Waals surface area contributed by atoms with Gasteiger partial charge in [-0.05, 0) is 58.9 Å². The highest BCUT2D eigenvalue weighted by molar-refractivity contribution is 6.80. The van der Waals surface area contributed by atoms with E-state index >= 15 is 0 Å². The molecular formula is C25H22O3Si. The second kappa shape index (κ2) is 9.23. The predicted octanol–water partition coefficient (Wildman–Crippen LogP) is 4.76. The molecule has 4 heteroatoms. The molecule has 29 heavy (non-hydrogen) atoms. The molecule has 0 spiro atoms. The van der Waals surface area contributed by atoms with Gasteiger partial charge in [0, 0.05) is 7.11 Å². The van der Waals surface area contributed by atoms with Crippen LogP contribution in [-0.2, 0) is 4.43 Å². The Labute approximate surface area is 172 Å². The fourth-order valence-electron chi connectivity index (χ4n) is 3.14. The molecule has 4 rings (SSSR count). The number of ether oxygens (including phenoxy) is 2. The standard InChI is InChI=1S/C25H22O3Si/c1-26-29(24-16-12-22(13-17-24)27-20-8-4-2-5-9-20)25-18-14-23(15-19-25)28-21-10-6-3-7-11-21/h2-19,29H,1H3. The van der Waals surface area contributed by atoms with E-state index in [4.69, 9.17) is 13.9 Å². The minimum atomic E-state index is -1.75. The lowest BCUT2D eigenvalue weighted by Gasteiger charge is -2.15. The van der Waals surface area contributed by atoms with Crippen molar-refractivity contribution in [3.63, 3.8) is 0 Å². The van der Waals surface area contributed by atoms with Gasteiger partial charge in [-0.1, -0.05) is 60.7 Å². The molecule has 0 fully saturated rings. The van der Waals surface area contributed by atoms with Crippen molar-refractivity contribution in [2.75, 3.05) is 7.11 Å². The van der Waals surface area contributed by atoms with Gasteiger partial charge in [0.25, 0.3) is 0 Å². The number of benzene rings is 4. The molecule has 0 saturated carbocycles. The summed E-state index contributed by atoms with van der Waals surface area (Å²) in [5, 5.41) is 2.40. The molecule has 0 N–H and O–H groups in total. The van der Waals surface area contributed by atoms with Gasteiger partial charge in [0.2, 0.25) is 9.04 Å².